The third-order valence-corrected chi connectivity index (χ3v) is 3.99. The van der Waals surface area contributed by atoms with E-state index in [0.29, 0.717) is 11.8 Å². The molecule has 0 N–H and O–H groups in total. The van der Waals surface area contributed by atoms with Crippen LogP contribution >= 0.6 is 0 Å². The number of rotatable bonds is 3. The molecule has 0 unspecified atom stereocenters. The number of hydrogen-bond acceptors (Lipinski definition) is 2. The highest BCUT2D eigenvalue weighted by atomic mass is 16.1. The van der Waals surface area contributed by atoms with Gasteiger partial charge in [0.15, 0.2) is 5.78 Å². The van der Waals surface area contributed by atoms with Gasteiger partial charge in [0, 0.05) is 29.3 Å². The van der Waals surface area contributed by atoms with Crippen molar-refractivity contribution >= 4 is 5.78 Å². The molecule has 3 aliphatic rings. The minimum absolute atomic E-state index is 0.187. The van der Waals surface area contributed by atoms with E-state index in [4.69, 9.17) is 0 Å². The summed E-state index contributed by atoms with van der Waals surface area (Å²) < 4.78 is 0. The smallest absolute Gasteiger partial charge is 0.164 e. The summed E-state index contributed by atoms with van der Waals surface area (Å²) in [4.78, 5) is 15.9. The van der Waals surface area contributed by atoms with Gasteiger partial charge < -0.3 is 0 Å². The molecule has 1 heterocycles. The molecule has 2 heteroatoms. The number of pyridine rings is 1. The molecule has 3 aliphatic carbocycles. The Balaban J connectivity index is 1.84. The maximum Gasteiger partial charge on any atom is 0.164 e. The molecule has 0 saturated heterocycles. The highest BCUT2D eigenvalue weighted by Gasteiger charge is 2.58. The van der Waals surface area contributed by atoms with E-state index < -0.39 is 0 Å². The third kappa shape index (κ3) is 1.17. The Bertz CT molecular complexity index is 390. The summed E-state index contributed by atoms with van der Waals surface area (Å²) in [5.74, 6) is 1.16. The van der Waals surface area contributed by atoms with Gasteiger partial charge >= 0.3 is 0 Å². The van der Waals surface area contributed by atoms with Crippen molar-refractivity contribution in [3.63, 3.8) is 0 Å². The maximum absolute atomic E-state index is 11.4. The van der Waals surface area contributed by atoms with Gasteiger partial charge in [0.2, 0.25) is 0 Å². The van der Waals surface area contributed by atoms with Crippen LogP contribution in [0.5, 0.6) is 0 Å². The lowest BCUT2D eigenvalue weighted by Crippen LogP contribution is -2.55. The van der Waals surface area contributed by atoms with Crippen molar-refractivity contribution in [1.82, 2.24) is 4.98 Å². The first-order chi connectivity index (χ1) is 7.23. The summed E-state index contributed by atoms with van der Waals surface area (Å²) in [6, 6.07) is 3.99. The topological polar surface area (TPSA) is 30.0 Å². The fourth-order valence-electron chi connectivity index (χ4n) is 2.87. The van der Waals surface area contributed by atoms with Gasteiger partial charge in [-0.05, 0) is 37.3 Å². The average Bonchev–Trinajstić information content (AvgIpc) is 2.13. The molecule has 0 spiro atoms. The molecule has 0 radical (unpaired) electrons. The zero-order chi connectivity index (χ0) is 10.5. The Hall–Kier alpha value is -1.18. The summed E-state index contributed by atoms with van der Waals surface area (Å²) in [7, 11) is 0. The molecule has 3 saturated carbocycles. The van der Waals surface area contributed by atoms with Gasteiger partial charge in [0.05, 0.1) is 0 Å². The Morgan fingerprint density at radius 1 is 1.47 bits per heavy atom. The minimum Gasteiger partial charge on any atom is -0.294 e. The molecule has 2 bridgehead atoms. The van der Waals surface area contributed by atoms with Crippen molar-refractivity contribution in [2.45, 2.75) is 38.0 Å². The Kier molecular flexibility index (Phi) is 1.76. The zero-order valence-electron chi connectivity index (χ0n) is 8.99. The number of carbonyl (C=O) groups is 1. The first kappa shape index (κ1) is 9.08. The number of ketones is 1. The molecule has 15 heavy (non-hydrogen) atoms. The SMILES string of the molecule is CCC(=O)c1ccc(C23CC(C2)C3)nc1. The van der Waals surface area contributed by atoms with E-state index in [0.717, 1.165) is 11.5 Å². The van der Waals surface area contributed by atoms with E-state index in [-0.39, 0.29) is 5.78 Å². The van der Waals surface area contributed by atoms with E-state index in [1.165, 1.54) is 25.0 Å². The van der Waals surface area contributed by atoms with Crippen LogP contribution in [-0.4, -0.2) is 10.8 Å². The molecule has 4 rings (SSSR count). The lowest BCUT2D eigenvalue weighted by molar-refractivity contribution is -0.0308. The molecule has 2 nitrogen and oxygen atoms in total. The fourth-order valence-corrected chi connectivity index (χ4v) is 2.87. The van der Waals surface area contributed by atoms with Gasteiger partial charge in [0.1, 0.15) is 0 Å². The van der Waals surface area contributed by atoms with Crippen molar-refractivity contribution in [1.29, 1.82) is 0 Å². The van der Waals surface area contributed by atoms with Crippen molar-refractivity contribution in [2.24, 2.45) is 5.92 Å². The first-order valence-electron chi connectivity index (χ1n) is 5.73. The van der Waals surface area contributed by atoms with E-state index in [2.05, 4.69) is 11.1 Å². The molecule has 1 aromatic heterocycles. The second kappa shape index (κ2) is 2.91. The van der Waals surface area contributed by atoms with Crippen LogP contribution in [-0.2, 0) is 5.41 Å². The number of carbonyl (C=O) groups excluding carboxylic acids is 1. The van der Waals surface area contributed by atoms with E-state index in [1.807, 2.05) is 13.0 Å². The number of Topliss-reactive ketones (excluding diaryl/α,β-unsaturated/α-hetero) is 1. The van der Waals surface area contributed by atoms with Gasteiger partial charge in [0.25, 0.3) is 0 Å². The van der Waals surface area contributed by atoms with Crippen molar-refractivity contribution in [3.05, 3.63) is 29.6 Å². The molecule has 3 fully saturated rings. The van der Waals surface area contributed by atoms with Crippen LogP contribution < -0.4 is 0 Å². The monoisotopic (exact) mass is 201 g/mol. The molecule has 0 amide bonds. The van der Waals surface area contributed by atoms with Crippen molar-refractivity contribution < 1.29 is 4.79 Å². The van der Waals surface area contributed by atoms with Gasteiger partial charge in [-0.2, -0.15) is 0 Å². The Labute approximate surface area is 89.7 Å². The standard InChI is InChI=1S/C13H15NO/c1-2-11(15)10-3-4-12(14-8-10)13-5-9(6-13)7-13/h3-4,8-9H,2,5-7H2,1H3. The average molecular weight is 201 g/mol. The molecular formula is C13H15NO. The normalized spacial score (nSPS) is 31.7. The molecule has 0 aromatic carbocycles. The van der Waals surface area contributed by atoms with Gasteiger partial charge in [-0.3, -0.25) is 9.78 Å². The van der Waals surface area contributed by atoms with Crippen LogP contribution in [0.3, 0.4) is 0 Å². The van der Waals surface area contributed by atoms with Crippen LogP contribution in [0.15, 0.2) is 18.3 Å². The van der Waals surface area contributed by atoms with E-state index in [9.17, 15) is 4.79 Å². The molecule has 0 aliphatic heterocycles. The van der Waals surface area contributed by atoms with Gasteiger partial charge in [-0.25, -0.2) is 0 Å². The largest absolute Gasteiger partial charge is 0.294 e. The van der Waals surface area contributed by atoms with Crippen LogP contribution in [0.25, 0.3) is 0 Å². The Morgan fingerprint density at radius 3 is 2.60 bits per heavy atom. The summed E-state index contributed by atoms with van der Waals surface area (Å²) in [5.41, 5.74) is 2.38. The van der Waals surface area contributed by atoms with Crippen molar-refractivity contribution in [2.75, 3.05) is 0 Å². The first-order valence-corrected chi connectivity index (χ1v) is 5.73. The second-order valence-corrected chi connectivity index (χ2v) is 4.97. The van der Waals surface area contributed by atoms with Crippen LogP contribution in [0.4, 0.5) is 0 Å². The highest BCUT2D eigenvalue weighted by molar-refractivity contribution is 5.95. The quantitative estimate of drug-likeness (QED) is 0.704. The number of nitrogens with zero attached hydrogens (tertiary/aromatic N) is 1. The van der Waals surface area contributed by atoms with Crippen molar-refractivity contribution in [3.8, 4) is 0 Å². The minimum atomic E-state index is 0.187. The molecule has 0 atom stereocenters. The summed E-state index contributed by atoms with van der Waals surface area (Å²) in [6.07, 6.45) is 6.28. The van der Waals surface area contributed by atoms with E-state index >= 15 is 0 Å². The summed E-state index contributed by atoms with van der Waals surface area (Å²) in [6.45, 7) is 1.89. The second-order valence-electron chi connectivity index (χ2n) is 4.97. The zero-order valence-corrected chi connectivity index (χ0v) is 8.99. The maximum atomic E-state index is 11.4. The summed E-state index contributed by atoms with van der Waals surface area (Å²) >= 11 is 0. The Morgan fingerprint density at radius 2 is 2.20 bits per heavy atom. The van der Waals surface area contributed by atoms with Crippen LogP contribution in [0.2, 0.25) is 0 Å². The number of aromatic nitrogens is 1. The molecule has 78 valence electrons. The van der Waals surface area contributed by atoms with Crippen LogP contribution in [0.1, 0.15) is 48.7 Å². The summed E-state index contributed by atoms with van der Waals surface area (Å²) in [5, 5.41) is 0. The number of hydrogen-bond donors (Lipinski definition) is 0. The predicted molar refractivity (Wildman–Crippen MR) is 57.9 cm³/mol. The predicted octanol–water partition coefficient (Wildman–Crippen LogP) is 2.73. The fraction of sp³-hybridized carbons (Fsp3) is 0.538. The lowest BCUT2D eigenvalue weighted by atomic mass is 9.43. The lowest BCUT2D eigenvalue weighted by Gasteiger charge is -2.61. The highest BCUT2D eigenvalue weighted by Crippen LogP contribution is 2.64. The molecular weight excluding hydrogens is 186 g/mol. The molecule has 1 aromatic rings. The van der Waals surface area contributed by atoms with Gasteiger partial charge in [-0.1, -0.05) is 6.92 Å². The van der Waals surface area contributed by atoms with Crippen LogP contribution in [0, 0.1) is 5.92 Å². The van der Waals surface area contributed by atoms with E-state index in [1.54, 1.807) is 6.20 Å². The third-order valence-electron chi connectivity index (χ3n) is 3.99. The van der Waals surface area contributed by atoms with Gasteiger partial charge in [-0.15, -0.1) is 0 Å².